The molecule has 0 aliphatic carbocycles. The van der Waals surface area contributed by atoms with Gasteiger partial charge in [-0.2, -0.15) is 15.6 Å². The number of anilines is 1. The number of rotatable bonds is 3. The Balaban J connectivity index is 3.39. The van der Waals surface area contributed by atoms with Crippen molar-refractivity contribution in [2.45, 2.75) is 13.8 Å². The van der Waals surface area contributed by atoms with Crippen LogP contribution in [0.2, 0.25) is 0 Å². The Morgan fingerprint density at radius 3 is 2.47 bits per heavy atom. The Bertz CT molecular complexity index is 639. The molecule has 0 aliphatic rings. The van der Waals surface area contributed by atoms with E-state index in [1.165, 1.54) is 6.07 Å². The second-order valence-electron chi connectivity index (χ2n) is 3.56. The lowest BCUT2D eigenvalue weighted by atomic mass is 10.1. The number of nitrogens with zero attached hydrogens (tertiary/aromatic N) is 4. The van der Waals surface area contributed by atoms with E-state index in [4.69, 9.17) is 10.5 Å². The molecular formula is C11H8BrN5O2. The van der Waals surface area contributed by atoms with Gasteiger partial charge in [0.15, 0.2) is 0 Å². The number of hydrogen-bond donors (Lipinski definition) is 1. The van der Waals surface area contributed by atoms with Crippen molar-refractivity contribution in [1.82, 2.24) is 0 Å². The first-order valence-electron chi connectivity index (χ1n) is 5.00. The van der Waals surface area contributed by atoms with Crippen LogP contribution < -0.4 is 5.43 Å². The number of hydrazone groups is 1. The van der Waals surface area contributed by atoms with Gasteiger partial charge in [0.25, 0.3) is 5.69 Å². The average molecular weight is 322 g/mol. The predicted molar refractivity (Wildman–Crippen MR) is 72.6 cm³/mol. The zero-order chi connectivity index (χ0) is 14.6. The molecule has 0 spiro atoms. The summed E-state index contributed by atoms with van der Waals surface area (Å²) in [4.78, 5) is 10.4. The van der Waals surface area contributed by atoms with Gasteiger partial charge in [-0.25, -0.2) is 0 Å². The highest BCUT2D eigenvalue weighted by atomic mass is 79.9. The summed E-state index contributed by atoms with van der Waals surface area (Å²) in [6, 6.07) is 4.47. The largest absolute Gasteiger partial charge is 0.295 e. The molecule has 0 atom stereocenters. The van der Waals surface area contributed by atoms with Gasteiger partial charge in [-0.15, -0.1) is 0 Å². The number of nitro benzene ring substituents is 1. The Kier molecular flexibility index (Phi) is 4.56. The molecule has 0 saturated carbocycles. The molecule has 8 heteroatoms. The Hall–Kier alpha value is -2.45. The number of nitro groups is 1. The van der Waals surface area contributed by atoms with Gasteiger partial charge in [0.05, 0.1) is 4.92 Å². The van der Waals surface area contributed by atoms with Crippen LogP contribution in [0.1, 0.15) is 11.1 Å². The molecule has 0 heterocycles. The number of nitriles is 2. The molecule has 0 amide bonds. The van der Waals surface area contributed by atoms with E-state index in [1.807, 2.05) is 0 Å². The fourth-order valence-electron chi connectivity index (χ4n) is 1.33. The smallest absolute Gasteiger partial charge is 0.269 e. The molecule has 0 aliphatic heterocycles. The second-order valence-corrected chi connectivity index (χ2v) is 4.41. The van der Waals surface area contributed by atoms with Crippen molar-refractivity contribution in [3.05, 3.63) is 31.8 Å². The van der Waals surface area contributed by atoms with Crippen LogP contribution in [0.3, 0.4) is 0 Å². The minimum atomic E-state index is -0.562. The molecule has 1 N–H and O–H groups in total. The maximum atomic E-state index is 11.0. The zero-order valence-corrected chi connectivity index (χ0v) is 11.6. The van der Waals surface area contributed by atoms with E-state index in [-0.39, 0.29) is 11.4 Å². The molecule has 0 saturated heterocycles. The lowest BCUT2D eigenvalue weighted by Crippen LogP contribution is -2.03. The van der Waals surface area contributed by atoms with Crippen molar-refractivity contribution in [2.24, 2.45) is 5.10 Å². The zero-order valence-electron chi connectivity index (χ0n) is 10.1. The summed E-state index contributed by atoms with van der Waals surface area (Å²) in [6.07, 6.45) is 0. The molecule has 7 nitrogen and oxygen atoms in total. The third-order valence-electron chi connectivity index (χ3n) is 2.50. The maximum Gasteiger partial charge on any atom is 0.295 e. The minimum Gasteiger partial charge on any atom is -0.269 e. The van der Waals surface area contributed by atoms with E-state index in [1.54, 1.807) is 26.0 Å². The number of halogens is 1. The van der Waals surface area contributed by atoms with Crippen LogP contribution in [0.25, 0.3) is 0 Å². The summed E-state index contributed by atoms with van der Waals surface area (Å²) in [5.74, 6) is 0. The van der Waals surface area contributed by atoms with Crippen LogP contribution in [0.15, 0.2) is 15.6 Å². The van der Waals surface area contributed by atoms with E-state index in [2.05, 4.69) is 26.5 Å². The fourth-order valence-corrected chi connectivity index (χ4v) is 1.85. The Morgan fingerprint density at radius 1 is 1.42 bits per heavy atom. The summed E-state index contributed by atoms with van der Waals surface area (Å²) in [6.45, 7) is 3.47. The predicted octanol–water partition coefficient (Wildman–Crippen LogP) is 2.79. The first kappa shape index (κ1) is 14.6. The Morgan fingerprint density at radius 2 is 2.00 bits per heavy atom. The second kappa shape index (κ2) is 5.94. The molecule has 1 aromatic rings. The molecule has 0 aromatic heterocycles. The molecule has 0 fully saturated rings. The van der Waals surface area contributed by atoms with Gasteiger partial charge in [-0.1, -0.05) is 15.9 Å². The van der Waals surface area contributed by atoms with Gasteiger partial charge in [-0.05, 0) is 25.0 Å². The number of nitrogens with one attached hydrogen (secondary N) is 1. The minimum absolute atomic E-state index is 0.161. The molecule has 1 aromatic carbocycles. The van der Waals surface area contributed by atoms with E-state index >= 15 is 0 Å². The van der Waals surface area contributed by atoms with Crippen LogP contribution in [0, 0.1) is 46.6 Å². The molecule has 96 valence electrons. The van der Waals surface area contributed by atoms with Crippen molar-refractivity contribution >= 4 is 33.0 Å². The van der Waals surface area contributed by atoms with Crippen molar-refractivity contribution < 1.29 is 4.92 Å². The van der Waals surface area contributed by atoms with Crippen molar-refractivity contribution in [3.8, 4) is 12.1 Å². The number of hydrogen-bond acceptors (Lipinski definition) is 6. The Labute approximate surface area is 117 Å². The van der Waals surface area contributed by atoms with Crippen molar-refractivity contribution in [3.63, 3.8) is 0 Å². The van der Waals surface area contributed by atoms with Gasteiger partial charge in [0, 0.05) is 10.5 Å². The lowest BCUT2D eigenvalue weighted by molar-refractivity contribution is -0.384. The first-order chi connectivity index (χ1) is 8.92. The molecule has 0 unspecified atom stereocenters. The van der Waals surface area contributed by atoms with E-state index < -0.39 is 10.6 Å². The van der Waals surface area contributed by atoms with E-state index in [0.29, 0.717) is 10.0 Å². The lowest BCUT2D eigenvalue weighted by Gasteiger charge is -2.10. The molecule has 0 bridgehead atoms. The van der Waals surface area contributed by atoms with Gasteiger partial charge in [0.2, 0.25) is 5.71 Å². The van der Waals surface area contributed by atoms with Crippen LogP contribution in [-0.2, 0) is 0 Å². The molecule has 1 rings (SSSR count). The molecule has 0 radical (unpaired) electrons. The van der Waals surface area contributed by atoms with Crippen LogP contribution in [0.5, 0.6) is 0 Å². The van der Waals surface area contributed by atoms with Crippen LogP contribution in [-0.4, -0.2) is 10.6 Å². The van der Waals surface area contributed by atoms with Gasteiger partial charge in [-0.3, -0.25) is 15.5 Å². The SMILES string of the molecule is Cc1c(Br)cc([N+](=O)[O-])c(NN=C(C#N)C#N)c1C. The highest BCUT2D eigenvalue weighted by molar-refractivity contribution is 9.10. The summed E-state index contributed by atoms with van der Waals surface area (Å²) in [7, 11) is 0. The van der Waals surface area contributed by atoms with Crippen molar-refractivity contribution in [1.29, 1.82) is 10.5 Å². The summed E-state index contributed by atoms with van der Waals surface area (Å²) >= 11 is 3.23. The summed E-state index contributed by atoms with van der Waals surface area (Å²) in [5, 5.41) is 31.6. The van der Waals surface area contributed by atoms with Gasteiger partial charge < -0.3 is 0 Å². The van der Waals surface area contributed by atoms with E-state index in [0.717, 1.165) is 5.56 Å². The summed E-state index contributed by atoms with van der Waals surface area (Å²) in [5.41, 5.74) is 3.40. The fraction of sp³-hybridized carbons (Fsp3) is 0.182. The van der Waals surface area contributed by atoms with Gasteiger partial charge in [0.1, 0.15) is 17.8 Å². The van der Waals surface area contributed by atoms with E-state index in [9.17, 15) is 10.1 Å². The van der Waals surface area contributed by atoms with Crippen molar-refractivity contribution in [2.75, 3.05) is 5.43 Å². The monoisotopic (exact) mass is 321 g/mol. The molecule has 19 heavy (non-hydrogen) atoms. The maximum absolute atomic E-state index is 11.0. The van der Waals surface area contributed by atoms with Crippen LogP contribution in [0.4, 0.5) is 11.4 Å². The standard InChI is InChI=1S/C11H8BrN5O2/c1-6-7(2)11(16-15-8(4-13)5-14)10(17(18)19)3-9(6)12/h3,16H,1-2H3. The third kappa shape index (κ3) is 3.06. The quantitative estimate of drug-likeness (QED) is 0.522. The highest BCUT2D eigenvalue weighted by Gasteiger charge is 2.19. The molecular weight excluding hydrogens is 314 g/mol. The normalized spacial score (nSPS) is 9.11. The highest BCUT2D eigenvalue weighted by Crippen LogP contribution is 2.35. The summed E-state index contributed by atoms with van der Waals surface area (Å²) < 4.78 is 0.604. The topological polar surface area (TPSA) is 115 Å². The third-order valence-corrected chi connectivity index (χ3v) is 3.33. The average Bonchev–Trinajstić information content (AvgIpc) is 2.38. The van der Waals surface area contributed by atoms with Crippen LogP contribution >= 0.6 is 15.9 Å². The van der Waals surface area contributed by atoms with Gasteiger partial charge >= 0.3 is 0 Å². The number of benzene rings is 1. The first-order valence-corrected chi connectivity index (χ1v) is 5.79.